The minimum atomic E-state index is -0.845. The number of nitrogens with zero attached hydrogens (tertiary/aromatic N) is 2. The number of rotatable bonds is 5. The van der Waals surface area contributed by atoms with E-state index in [2.05, 4.69) is 36.1 Å². The molecule has 3 aromatic rings. The van der Waals surface area contributed by atoms with Crippen LogP contribution in [0.5, 0.6) is 0 Å². The molecule has 0 spiro atoms. The Bertz CT molecular complexity index is 1110. The number of hydrogen-bond donors (Lipinski definition) is 1. The Hall–Kier alpha value is -2.28. The lowest BCUT2D eigenvalue weighted by atomic mass is 9.84. The maximum Gasteiger partial charge on any atom is 0.289 e. The fourth-order valence-corrected chi connectivity index (χ4v) is 5.77. The molecule has 1 aromatic heterocycles. The Balaban J connectivity index is 1.26. The number of aryl methyl sites for hydroxylation is 1. The lowest BCUT2D eigenvalue weighted by Gasteiger charge is -2.38. The van der Waals surface area contributed by atoms with E-state index in [1.165, 1.54) is 11.1 Å². The minimum Gasteiger partial charge on any atom is -0.451 e. The molecule has 3 heterocycles. The molecule has 0 bridgehead atoms. The third kappa shape index (κ3) is 4.84. The SMILES string of the molecule is CCc1ccc(CN2CCC(O)(c3ccc4oc(C(=O)N5CCSCC5)cc4c3)CC2)cc1. The molecule has 2 aliphatic rings. The molecule has 0 aliphatic carbocycles. The molecule has 1 N–H and O–H groups in total. The van der Waals surface area contributed by atoms with Crippen molar-refractivity contribution in [2.45, 2.75) is 38.3 Å². The Morgan fingerprint density at radius 1 is 1.00 bits per heavy atom. The van der Waals surface area contributed by atoms with E-state index in [9.17, 15) is 9.90 Å². The van der Waals surface area contributed by atoms with Gasteiger partial charge in [-0.25, -0.2) is 0 Å². The molecule has 0 radical (unpaired) electrons. The zero-order valence-electron chi connectivity index (χ0n) is 19.3. The largest absolute Gasteiger partial charge is 0.451 e. The van der Waals surface area contributed by atoms with Crippen LogP contribution >= 0.6 is 11.8 Å². The van der Waals surface area contributed by atoms with E-state index in [1.54, 1.807) is 0 Å². The molecule has 0 saturated carbocycles. The van der Waals surface area contributed by atoms with Crippen molar-refractivity contribution in [3.05, 3.63) is 71.0 Å². The monoisotopic (exact) mass is 464 g/mol. The second-order valence-electron chi connectivity index (χ2n) is 9.25. The van der Waals surface area contributed by atoms with E-state index in [0.717, 1.165) is 61.6 Å². The maximum atomic E-state index is 12.8. The van der Waals surface area contributed by atoms with Crippen molar-refractivity contribution in [2.75, 3.05) is 37.7 Å². The van der Waals surface area contributed by atoms with Crippen LogP contribution in [0, 0.1) is 0 Å². The summed E-state index contributed by atoms with van der Waals surface area (Å²) in [4.78, 5) is 17.1. The van der Waals surface area contributed by atoms with Crippen LogP contribution in [-0.2, 0) is 18.6 Å². The number of likely N-dealkylation sites (tertiary alicyclic amines) is 1. The molecule has 0 unspecified atom stereocenters. The number of fused-ring (bicyclic) bond motifs is 1. The van der Waals surface area contributed by atoms with Crippen LogP contribution in [0.4, 0.5) is 0 Å². The highest BCUT2D eigenvalue weighted by Gasteiger charge is 2.34. The Kier molecular flexibility index (Phi) is 6.50. The fourth-order valence-electron chi connectivity index (χ4n) is 4.87. The number of carbonyl (C=O) groups excluding carboxylic acids is 1. The van der Waals surface area contributed by atoms with Gasteiger partial charge >= 0.3 is 0 Å². The van der Waals surface area contributed by atoms with Gasteiger partial charge in [-0.05, 0) is 54.2 Å². The van der Waals surface area contributed by atoms with Gasteiger partial charge < -0.3 is 14.4 Å². The predicted molar refractivity (Wildman–Crippen MR) is 134 cm³/mol. The lowest BCUT2D eigenvalue weighted by molar-refractivity contribution is -0.0276. The highest BCUT2D eigenvalue weighted by atomic mass is 32.2. The molecule has 2 saturated heterocycles. The summed E-state index contributed by atoms with van der Waals surface area (Å²) in [7, 11) is 0. The van der Waals surface area contributed by atoms with Gasteiger partial charge in [0, 0.05) is 49.6 Å². The van der Waals surface area contributed by atoms with E-state index < -0.39 is 5.60 Å². The van der Waals surface area contributed by atoms with Crippen molar-refractivity contribution in [3.8, 4) is 0 Å². The first-order valence-electron chi connectivity index (χ1n) is 12.0. The highest BCUT2D eigenvalue weighted by Crippen LogP contribution is 2.35. The van der Waals surface area contributed by atoms with Crippen molar-refractivity contribution < 1.29 is 14.3 Å². The zero-order valence-corrected chi connectivity index (χ0v) is 20.1. The Morgan fingerprint density at radius 2 is 1.70 bits per heavy atom. The van der Waals surface area contributed by atoms with Gasteiger partial charge in [-0.3, -0.25) is 9.69 Å². The summed E-state index contributed by atoms with van der Waals surface area (Å²) in [5.74, 6) is 2.31. The average molecular weight is 465 g/mol. The normalized spacial score (nSPS) is 19.2. The second kappa shape index (κ2) is 9.53. The third-order valence-corrected chi connectivity index (χ3v) is 8.03. The third-order valence-electron chi connectivity index (χ3n) is 7.08. The Labute approximate surface area is 199 Å². The predicted octanol–water partition coefficient (Wildman–Crippen LogP) is 4.67. The van der Waals surface area contributed by atoms with Crippen molar-refractivity contribution in [1.29, 1.82) is 0 Å². The summed E-state index contributed by atoms with van der Waals surface area (Å²) < 4.78 is 5.87. The number of amides is 1. The first-order valence-corrected chi connectivity index (χ1v) is 13.1. The summed E-state index contributed by atoms with van der Waals surface area (Å²) in [6.07, 6.45) is 2.45. The van der Waals surface area contributed by atoms with Gasteiger partial charge in [-0.15, -0.1) is 0 Å². The molecule has 2 aromatic carbocycles. The molecule has 1 amide bonds. The van der Waals surface area contributed by atoms with Crippen molar-refractivity contribution >= 4 is 28.6 Å². The number of carbonyl (C=O) groups is 1. The van der Waals surface area contributed by atoms with Gasteiger partial charge in [0.15, 0.2) is 5.76 Å². The molecule has 33 heavy (non-hydrogen) atoms. The topological polar surface area (TPSA) is 56.9 Å². The molecular formula is C27H32N2O3S. The van der Waals surface area contributed by atoms with Gasteiger partial charge in [0.25, 0.3) is 5.91 Å². The maximum absolute atomic E-state index is 12.8. The van der Waals surface area contributed by atoms with E-state index >= 15 is 0 Å². The van der Waals surface area contributed by atoms with Gasteiger partial charge in [0.1, 0.15) is 5.58 Å². The molecule has 2 aliphatic heterocycles. The van der Waals surface area contributed by atoms with Crippen LogP contribution in [0.2, 0.25) is 0 Å². The number of benzene rings is 2. The minimum absolute atomic E-state index is 0.0351. The smallest absolute Gasteiger partial charge is 0.289 e. The first kappa shape index (κ1) is 22.5. The van der Waals surface area contributed by atoms with Crippen LogP contribution in [-0.4, -0.2) is 58.5 Å². The molecule has 0 atom stereocenters. The number of thioether (sulfide) groups is 1. The number of furan rings is 1. The van der Waals surface area contributed by atoms with E-state index in [4.69, 9.17) is 4.42 Å². The van der Waals surface area contributed by atoms with Crippen LogP contribution in [0.25, 0.3) is 11.0 Å². The van der Waals surface area contributed by atoms with Crippen LogP contribution in [0.15, 0.2) is 52.9 Å². The highest BCUT2D eigenvalue weighted by molar-refractivity contribution is 7.99. The van der Waals surface area contributed by atoms with Gasteiger partial charge in [-0.1, -0.05) is 37.3 Å². The van der Waals surface area contributed by atoms with Crippen LogP contribution in [0.3, 0.4) is 0 Å². The lowest BCUT2D eigenvalue weighted by Crippen LogP contribution is -2.42. The quantitative estimate of drug-likeness (QED) is 0.595. The van der Waals surface area contributed by atoms with Gasteiger partial charge in [0.05, 0.1) is 5.60 Å². The van der Waals surface area contributed by atoms with Gasteiger partial charge in [-0.2, -0.15) is 11.8 Å². The van der Waals surface area contributed by atoms with E-state index in [-0.39, 0.29) is 5.91 Å². The van der Waals surface area contributed by atoms with Crippen molar-refractivity contribution in [1.82, 2.24) is 9.80 Å². The molecule has 5 rings (SSSR count). The summed E-state index contributed by atoms with van der Waals surface area (Å²) >= 11 is 1.88. The van der Waals surface area contributed by atoms with E-state index in [1.807, 2.05) is 40.9 Å². The number of aliphatic hydroxyl groups is 1. The fraction of sp³-hybridized carbons (Fsp3) is 0.444. The summed E-state index contributed by atoms with van der Waals surface area (Å²) in [5.41, 5.74) is 3.45. The molecule has 2 fully saturated rings. The zero-order chi connectivity index (χ0) is 22.8. The van der Waals surface area contributed by atoms with Gasteiger partial charge in [0.2, 0.25) is 0 Å². The second-order valence-corrected chi connectivity index (χ2v) is 10.5. The van der Waals surface area contributed by atoms with E-state index in [0.29, 0.717) is 24.2 Å². The molecule has 5 nitrogen and oxygen atoms in total. The number of piperidine rings is 1. The summed E-state index contributed by atoms with van der Waals surface area (Å²) in [6, 6.07) is 16.5. The van der Waals surface area contributed by atoms with Crippen LogP contribution < -0.4 is 0 Å². The molecular weight excluding hydrogens is 432 g/mol. The van der Waals surface area contributed by atoms with Crippen molar-refractivity contribution in [3.63, 3.8) is 0 Å². The first-order chi connectivity index (χ1) is 16.0. The van der Waals surface area contributed by atoms with Crippen LogP contribution in [0.1, 0.15) is 47.0 Å². The average Bonchev–Trinajstić information content (AvgIpc) is 3.30. The standard InChI is InChI=1S/C27H32N2O3S/c1-2-20-3-5-21(6-4-20)19-28-11-9-27(31,10-12-28)23-7-8-24-22(17-23)18-25(32-24)26(30)29-13-15-33-16-14-29/h3-8,17-18,31H,2,9-16,19H2,1H3. The summed E-state index contributed by atoms with van der Waals surface area (Å²) in [6.45, 7) is 6.34. The number of hydrogen-bond acceptors (Lipinski definition) is 5. The molecule has 6 heteroatoms. The Morgan fingerprint density at radius 3 is 2.39 bits per heavy atom. The summed E-state index contributed by atoms with van der Waals surface area (Å²) in [5, 5.41) is 12.3. The van der Waals surface area contributed by atoms with Crippen molar-refractivity contribution in [2.24, 2.45) is 0 Å². The molecule has 174 valence electrons.